The van der Waals surface area contributed by atoms with Crippen LogP contribution in [0, 0.1) is 0 Å². The quantitative estimate of drug-likeness (QED) is 0.631. The molecule has 7 heteroatoms. The Bertz CT molecular complexity index is 980. The maximum absolute atomic E-state index is 12.9. The second-order valence-corrected chi connectivity index (χ2v) is 6.67. The van der Waals surface area contributed by atoms with E-state index < -0.39 is 11.7 Å². The van der Waals surface area contributed by atoms with Crippen LogP contribution in [0.5, 0.6) is 0 Å². The first-order valence-corrected chi connectivity index (χ1v) is 8.96. The van der Waals surface area contributed by atoms with E-state index in [1.807, 2.05) is 18.2 Å². The SMILES string of the molecule is FC(F)(F)c1cccc(-c2noc(CN3CC=C(c4ccccc4)CC3)n2)c1. The first-order chi connectivity index (χ1) is 13.5. The molecule has 0 fully saturated rings. The van der Waals surface area contributed by atoms with Gasteiger partial charge >= 0.3 is 6.18 Å². The number of hydrogen-bond acceptors (Lipinski definition) is 4. The van der Waals surface area contributed by atoms with Crippen molar-refractivity contribution in [2.24, 2.45) is 0 Å². The Balaban J connectivity index is 1.43. The molecule has 28 heavy (non-hydrogen) atoms. The number of nitrogens with zero attached hydrogens (tertiary/aromatic N) is 3. The Labute approximate surface area is 160 Å². The Morgan fingerprint density at radius 1 is 1.00 bits per heavy atom. The molecule has 0 amide bonds. The molecule has 0 spiro atoms. The summed E-state index contributed by atoms with van der Waals surface area (Å²) in [5.74, 6) is 0.558. The monoisotopic (exact) mass is 385 g/mol. The largest absolute Gasteiger partial charge is 0.416 e. The summed E-state index contributed by atoms with van der Waals surface area (Å²) >= 11 is 0. The van der Waals surface area contributed by atoms with Crippen LogP contribution in [0.4, 0.5) is 13.2 Å². The number of aromatic nitrogens is 2. The lowest BCUT2D eigenvalue weighted by Gasteiger charge is -2.24. The molecule has 3 aromatic rings. The van der Waals surface area contributed by atoms with Crippen molar-refractivity contribution in [3.05, 3.63) is 77.7 Å². The van der Waals surface area contributed by atoms with E-state index in [2.05, 4.69) is 33.2 Å². The third kappa shape index (κ3) is 4.14. The van der Waals surface area contributed by atoms with Crippen molar-refractivity contribution in [3.8, 4) is 11.4 Å². The van der Waals surface area contributed by atoms with Gasteiger partial charge in [0.25, 0.3) is 0 Å². The van der Waals surface area contributed by atoms with Gasteiger partial charge in [-0.3, -0.25) is 4.90 Å². The Morgan fingerprint density at radius 2 is 1.79 bits per heavy atom. The molecule has 0 saturated heterocycles. The minimum Gasteiger partial charge on any atom is -0.338 e. The number of halogens is 3. The zero-order chi connectivity index (χ0) is 19.6. The van der Waals surface area contributed by atoms with E-state index in [4.69, 9.17) is 4.52 Å². The summed E-state index contributed by atoms with van der Waals surface area (Å²) in [6.45, 7) is 2.07. The predicted molar refractivity (Wildman–Crippen MR) is 99.0 cm³/mol. The smallest absolute Gasteiger partial charge is 0.338 e. The molecular weight excluding hydrogens is 367 g/mol. The molecule has 0 aliphatic carbocycles. The van der Waals surface area contributed by atoms with E-state index in [9.17, 15) is 13.2 Å². The fourth-order valence-corrected chi connectivity index (χ4v) is 3.23. The highest BCUT2D eigenvalue weighted by molar-refractivity contribution is 5.66. The molecule has 2 heterocycles. The van der Waals surface area contributed by atoms with Crippen LogP contribution in [-0.2, 0) is 12.7 Å². The van der Waals surface area contributed by atoms with Crippen LogP contribution in [0.1, 0.15) is 23.4 Å². The van der Waals surface area contributed by atoms with Crippen LogP contribution in [0.3, 0.4) is 0 Å². The molecule has 0 radical (unpaired) electrons. The van der Waals surface area contributed by atoms with E-state index in [0.29, 0.717) is 12.4 Å². The first kappa shape index (κ1) is 18.4. The second-order valence-electron chi connectivity index (χ2n) is 6.67. The van der Waals surface area contributed by atoms with Crippen LogP contribution < -0.4 is 0 Å². The summed E-state index contributed by atoms with van der Waals surface area (Å²) in [6.07, 6.45) is -1.30. The minimum absolute atomic E-state index is 0.165. The molecule has 1 aliphatic rings. The fraction of sp³-hybridized carbons (Fsp3) is 0.238. The maximum Gasteiger partial charge on any atom is 0.416 e. The van der Waals surface area contributed by atoms with E-state index in [0.717, 1.165) is 31.6 Å². The summed E-state index contributed by atoms with van der Waals surface area (Å²) in [4.78, 5) is 6.43. The average molecular weight is 385 g/mol. The van der Waals surface area contributed by atoms with Crippen molar-refractivity contribution in [3.63, 3.8) is 0 Å². The van der Waals surface area contributed by atoms with Gasteiger partial charge in [0.2, 0.25) is 11.7 Å². The molecule has 1 aromatic heterocycles. The lowest BCUT2D eigenvalue weighted by atomic mass is 10.00. The normalized spacial score (nSPS) is 15.5. The van der Waals surface area contributed by atoms with Crippen molar-refractivity contribution >= 4 is 5.57 Å². The molecule has 0 N–H and O–H groups in total. The van der Waals surface area contributed by atoms with Crippen LogP contribution >= 0.6 is 0 Å². The van der Waals surface area contributed by atoms with Gasteiger partial charge < -0.3 is 4.52 Å². The highest BCUT2D eigenvalue weighted by atomic mass is 19.4. The molecule has 0 atom stereocenters. The highest BCUT2D eigenvalue weighted by Gasteiger charge is 2.30. The first-order valence-electron chi connectivity index (χ1n) is 8.96. The Morgan fingerprint density at radius 3 is 2.50 bits per heavy atom. The fourth-order valence-electron chi connectivity index (χ4n) is 3.23. The van der Waals surface area contributed by atoms with Gasteiger partial charge in [0.1, 0.15) is 0 Å². The van der Waals surface area contributed by atoms with E-state index in [1.54, 1.807) is 6.07 Å². The van der Waals surface area contributed by atoms with Gasteiger partial charge in [-0.1, -0.05) is 53.7 Å². The van der Waals surface area contributed by atoms with E-state index in [-0.39, 0.29) is 11.4 Å². The van der Waals surface area contributed by atoms with Gasteiger partial charge in [-0.25, -0.2) is 0 Å². The van der Waals surface area contributed by atoms with Crippen LogP contribution in [0.25, 0.3) is 17.0 Å². The number of benzene rings is 2. The lowest BCUT2D eigenvalue weighted by molar-refractivity contribution is -0.137. The number of hydrogen-bond donors (Lipinski definition) is 0. The molecule has 144 valence electrons. The van der Waals surface area contributed by atoms with Crippen LogP contribution in [0.15, 0.2) is 65.2 Å². The van der Waals surface area contributed by atoms with E-state index in [1.165, 1.54) is 17.2 Å². The summed E-state index contributed by atoms with van der Waals surface area (Å²) in [5.41, 5.74) is 2.10. The highest BCUT2D eigenvalue weighted by Crippen LogP contribution is 2.31. The number of alkyl halides is 3. The molecular formula is C21H18F3N3O. The maximum atomic E-state index is 12.9. The Hall–Kier alpha value is -2.93. The zero-order valence-corrected chi connectivity index (χ0v) is 15.0. The molecule has 4 rings (SSSR count). The van der Waals surface area contributed by atoms with Gasteiger partial charge in [0.15, 0.2) is 0 Å². The molecule has 0 bridgehead atoms. The van der Waals surface area contributed by atoms with Crippen LogP contribution in [0.2, 0.25) is 0 Å². The summed E-state index contributed by atoms with van der Waals surface area (Å²) in [5, 5.41) is 3.84. The third-order valence-corrected chi connectivity index (χ3v) is 4.71. The third-order valence-electron chi connectivity index (χ3n) is 4.71. The predicted octanol–water partition coefficient (Wildman–Crippen LogP) is 5.04. The average Bonchev–Trinajstić information content (AvgIpc) is 3.17. The van der Waals surface area contributed by atoms with Crippen molar-refractivity contribution < 1.29 is 17.7 Å². The van der Waals surface area contributed by atoms with Gasteiger partial charge in [-0.05, 0) is 29.7 Å². The van der Waals surface area contributed by atoms with Crippen molar-refractivity contribution in [2.75, 3.05) is 13.1 Å². The van der Waals surface area contributed by atoms with Crippen molar-refractivity contribution in [1.82, 2.24) is 15.0 Å². The van der Waals surface area contributed by atoms with Crippen molar-refractivity contribution in [2.45, 2.75) is 19.1 Å². The van der Waals surface area contributed by atoms with Gasteiger partial charge in [0, 0.05) is 18.7 Å². The standard InChI is InChI=1S/C21H18F3N3O/c22-21(23,24)18-8-4-7-17(13-18)20-25-19(28-26-20)14-27-11-9-16(10-12-27)15-5-2-1-3-6-15/h1-9,13H,10-12,14H2. The Kier molecular flexibility index (Phi) is 5.00. The lowest BCUT2D eigenvalue weighted by Crippen LogP contribution is -2.28. The molecule has 0 saturated carbocycles. The topological polar surface area (TPSA) is 42.2 Å². The summed E-state index contributed by atoms with van der Waals surface area (Å²) in [7, 11) is 0. The second kappa shape index (κ2) is 7.59. The minimum atomic E-state index is -4.40. The molecule has 0 unspecified atom stereocenters. The van der Waals surface area contributed by atoms with Crippen LogP contribution in [-0.4, -0.2) is 28.1 Å². The van der Waals surface area contributed by atoms with Gasteiger partial charge in [0.05, 0.1) is 12.1 Å². The zero-order valence-electron chi connectivity index (χ0n) is 15.0. The molecule has 4 nitrogen and oxygen atoms in total. The van der Waals surface area contributed by atoms with Gasteiger partial charge in [-0.15, -0.1) is 0 Å². The van der Waals surface area contributed by atoms with Gasteiger partial charge in [-0.2, -0.15) is 18.2 Å². The summed E-state index contributed by atoms with van der Waals surface area (Å²) in [6, 6.07) is 15.2. The molecule has 2 aromatic carbocycles. The molecule has 1 aliphatic heterocycles. The van der Waals surface area contributed by atoms with E-state index >= 15 is 0 Å². The number of rotatable bonds is 4. The summed E-state index contributed by atoms with van der Waals surface area (Å²) < 4.78 is 43.9. The van der Waals surface area contributed by atoms with Crippen molar-refractivity contribution in [1.29, 1.82) is 0 Å².